The van der Waals surface area contributed by atoms with Gasteiger partial charge in [0.25, 0.3) is 0 Å². The molecule has 0 heterocycles. The second kappa shape index (κ2) is 5.34. The lowest BCUT2D eigenvalue weighted by molar-refractivity contribution is 0.537. The van der Waals surface area contributed by atoms with Gasteiger partial charge in [-0.3, -0.25) is 0 Å². The van der Waals surface area contributed by atoms with Crippen LogP contribution in [0.4, 0.5) is 4.39 Å². The van der Waals surface area contributed by atoms with Crippen molar-refractivity contribution in [2.75, 3.05) is 0 Å². The highest BCUT2D eigenvalue weighted by molar-refractivity contribution is 8.12. The molecule has 0 bridgehead atoms. The summed E-state index contributed by atoms with van der Waals surface area (Å²) < 4.78 is 61.9. The van der Waals surface area contributed by atoms with Crippen LogP contribution in [0.5, 0.6) is 0 Å². The molecule has 1 radical (unpaired) electrons. The van der Waals surface area contributed by atoms with Crippen molar-refractivity contribution in [1.82, 2.24) is 0 Å². The lowest BCUT2D eigenvalue weighted by atomic mass is 10.4. The highest BCUT2D eigenvalue weighted by atomic mass is 32.3. The van der Waals surface area contributed by atoms with E-state index < -0.39 is 34.3 Å². The molecule has 0 saturated carbocycles. The SMILES string of the molecule is O=S(=O)([C](F)S(=O)(=O)c1ccccc1)c1ccccc1. The first kappa shape index (κ1) is 14.7. The van der Waals surface area contributed by atoms with Crippen LogP contribution >= 0.6 is 0 Å². The van der Waals surface area contributed by atoms with Gasteiger partial charge in [-0.25, -0.2) is 21.2 Å². The maximum atomic E-state index is 14.1. The topological polar surface area (TPSA) is 68.3 Å². The van der Waals surface area contributed by atoms with E-state index in [4.69, 9.17) is 0 Å². The van der Waals surface area contributed by atoms with Gasteiger partial charge in [-0.2, -0.15) is 0 Å². The third kappa shape index (κ3) is 2.59. The fourth-order valence-electron chi connectivity index (χ4n) is 1.53. The van der Waals surface area contributed by atoms with E-state index in [0.29, 0.717) is 0 Å². The monoisotopic (exact) mass is 313 g/mol. The van der Waals surface area contributed by atoms with Gasteiger partial charge in [0.1, 0.15) is 0 Å². The van der Waals surface area contributed by atoms with Crippen molar-refractivity contribution in [3.63, 3.8) is 0 Å². The van der Waals surface area contributed by atoms with Gasteiger partial charge in [0, 0.05) is 0 Å². The van der Waals surface area contributed by atoms with Crippen molar-refractivity contribution in [2.45, 2.75) is 9.79 Å². The molecule has 0 atom stereocenters. The molecule has 2 aromatic rings. The summed E-state index contributed by atoms with van der Waals surface area (Å²) >= 11 is 0. The van der Waals surface area contributed by atoms with Crippen molar-refractivity contribution < 1.29 is 21.2 Å². The summed E-state index contributed by atoms with van der Waals surface area (Å²) in [6.45, 7) is 0. The standard InChI is InChI=1S/C13H10FO4S2/c14-13(19(15,16)11-7-3-1-4-8-11)20(17,18)12-9-5-2-6-10-12/h1-10H. The molecule has 0 spiro atoms. The Morgan fingerprint density at radius 3 is 1.25 bits per heavy atom. The van der Waals surface area contributed by atoms with Crippen LogP contribution in [0.15, 0.2) is 70.5 Å². The van der Waals surface area contributed by atoms with E-state index in [1.807, 2.05) is 0 Å². The van der Waals surface area contributed by atoms with E-state index in [0.717, 1.165) is 24.3 Å². The van der Waals surface area contributed by atoms with Gasteiger partial charge in [0.15, 0.2) is 0 Å². The van der Waals surface area contributed by atoms with Crippen molar-refractivity contribution in [1.29, 1.82) is 0 Å². The Bertz CT molecular complexity index is 715. The van der Waals surface area contributed by atoms with Crippen LogP contribution in [0.1, 0.15) is 0 Å². The summed E-state index contributed by atoms with van der Waals surface area (Å²) in [6, 6.07) is 13.2. The van der Waals surface area contributed by atoms with Crippen LogP contribution in [-0.2, 0) is 19.7 Å². The molecule has 0 fully saturated rings. The summed E-state index contributed by atoms with van der Waals surface area (Å²) in [7, 11) is -9.37. The molecule has 4 nitrogen and oxygen atoms in total. The lowest BCUT2D eigenvalue weighted by Crippen LogP contribution is -2.19. The fourth-order valence-corrected chi connectivity index (χ4v) is 4.66. The van der Waals surface area contributed by atoms with Gasteiger partial charge >= 0.3 is 4.84 Å². The smallest absolute Gasteiger partial charge is 0.219 e. The van der Waals surface area contributed by atoms with E-state index in [-0.39, 0.29) is 0 Å². The highest BCUT2D eigenvalue weighted by Crippen LogP contribution is 2.32. The number of rotatable bonds is 4. The van der Waals surface area contributed by atoms with E-state index in [2.05, 4.69) is 0 Å². The molecule has 7 heteroatoms. The molecule has 0 amide bonds. The van der Waals surface area contributed by atoms with Crippen LogP contribution in [0.2, 0.25) is 0 Å². The predicted molar refractivity (Wildman–Crippen MR) is 71.6 cm³/mol. The Hall–Kier alpha value is -1.73. The number of hydrogen-bond donors (Lipinski definition) is 0. The Kier molecular flexibility index (Phi) is 3.92. The quantitative estimate of drug-likeness (QED) is 0.869. The summed E-state index contributed by atoms with van der Waals surface area (Å²) in [5.74, 6) is 0. The fraction of sp³-hybridized carbons (Fsp3) is 0. The Labute approximate surface area is 116 Å². The second-order valence-corrected chi connectivity index (χ2v) is 7.80. The van der Waals surface area contributed by atoms with Crippen LogP contribution < -0.4 is 0 Å². The molecule has 2 aromatic carbocycles. The number of halogens is 1. The molecule has 0 N–H and O–H groups in total. The molecular formula is C13H10FO4S2. The van der Waals surface area contributed by atoms with Crippen LogP contribution in [-0.4, -0.2) is 16.8 Å². The second-order valence-electron chi connectivity index (χ2n) is 3.87. The minimum absolute atomic E-state index is 0.406. The molecule has 0 aliphatic carbocycles. The first-order valence-electron chi connectivity index (χ1n) is 5.49. The zero-order chi connectivity index (χ0) is 14.8. The molecule has 0 aromatic heterocycles. The summed E-state index contributed by atoms with van der Waals surface area (Å²) in [5.41, 5.74) is 0. The average molecular weight is 313 g/mol. The van der Waals surface area contributed by atoms with Gasteiger partial charge in [0.05, 0.1) is 9.79 Å². The maximum Gasteiger partial charge on any atom is 0.380 e. The molecule has 2 rings (SSSR count). The first-order valence-corrected chi connectivity index (χ1v) is 8.46. The van der Waals surface area contributed by atoms with E-state index in [1.54, 1.807) is 12.1 Å². The zero-order valence-electron chi connectivity index (χ0n) is 10.1. The average Bonchev–Trinajstić information content (AvgIpc) is 2.48. The minimum Gasteiger partial charge on any atom is -0.219 e. The molecule has 20 heavy (non-hydrogen) atoms. The van der Waals surface area contributed by atoms with Crippen molar-refractivity contribution in [2.24, 2.45) is 0 Å². The lowest BCUT2D eigenvalue weighted by Gasteiger charge is -2.09. The zero-order valence-corrected chi connectivity index (χ0v) is 11.7. The molecule has 105 valence electrons. The summed E-state index contributed by atoms with van der Waals surface area (Å²) in [6.07, 6.45) is 0. The summed E-state index contributed by atoms with van der Waals surface area (Å²) in [5, 5.41) is 0. The largest absolute Gasteiger partial charge is 0.380 e. The molecule has 0 unspecified atom stereocenters. The van der Waals surface area contributed by atoms with Crippen molar-refractivity contribution in [3.8, 4) is 0 Å². The van der Waals surface area contributed by atoms with Crippen molar-refractivity contribution >= 4 is 19.7 Å². The van der Waals surface area contributed by atoms with E-state index in [9.17, 15) is 21.2 Å². The van der Waals surface area contributed by atoms with Crippen LogP contribution in [0.25, 0.3) is 0 Å². The number of benzene rings is 2. The summed E-state index contributed by atoms with van der Waals surface area (Å²) in [4.78, 5) is -2.88. The van der Waals surface area contributed by atoms with Gasteiger partial charge in [-0.15, -0.1) is 0 Å². The molecular weight excluding hydrogens is 303 g/mol. The third-order valence-electron chi connectivity index (χ3n) is 2.53. The third-order valence-corrected chi connectivity index (χ3v) is 6.48. The number of hydrogen-bond acceptors (Lipinski definition) is 4. The van der Waals surface area contributed by atoms with Gasteiger partial charge in [-0.05, 0) is 24.3 Å². The Morgan fingerprint density at radius 1 is 0.650 bits per heavy atom. The molecule has 0 aliphatic rings. The Balaban J connectivity index is 2.49. The van der Waals surface area contributed by atoms with Gasteiger partial charge in [-0.1, -0.05) is 36.4 Å². The van der Waals surface area contributed by atoms with Gasteiger partial charge in [0.2, 0.25) is 19.7 Å². The van der Waals surface area contributed by atoms with Gasteiger partial charge < -0.3 is 0 Å². The van der Waals surface area contributed by atoms with Crippen LogP contribution in [0, 0.1) is 4.84 Å². The normalized spacial score (nSPS) is 12.5. The maximum absolute atomic E-state index is 14.1. The minimum atomic E-state index is -4.68. The Morgan fingerprint density at radius 2 is 0.950 bits per heavy atom. The van der Waals surface area contributed by atoms with E-state index >= 15 is 0 Å². The highest BCUT2D eigenvalue weighted by Gasteiger charge is 2.42. The van der Waals surface area contributed by atoms with E-state index in [1.165, 1.54) is 24.3 Å². The molecule has 0 aliphatic heterocycles. The van der Waals surface area contributed by atoms with Crippen LogP contribution in [0.3, 0.4) is 0 Å². The van der Waals surface area contributed by atoms with Crippen molar-refractivity contribution in [3.05, 3.63) is 65.5 Å². The predicted octanol–water partition coefficient (Wildman–Crippen LogP) is 2.35. The molecule has 0 saturated heterocycles. The first-order chi connectivity index (χ1) is 9.37. The number of sulfone groups is 2.